The van der Waals surface area contributed by atoms with Crippen molar-refractivity contribution in [2.24, 2.45) is 0 Å². The van der Waals surface area contributed by atoms with Gasteiger partial charge in [0.05, 0.1) is 0 Å². The highest BCUT2D eigenvalue weighted by molar-refractivity contribution is 5.82. The number of fused-ring (bicyclic) bond motifs is 1. The lowest BCUT2D eigenvalue weighted by atomic mass is 10.1. The molecular formula is C10H13N3. The molecule has 0 aliphatic rings. The molecule has 0 bridgehead atoms. The molecule has 0 saturated heterocycles. The van der Waals surface area contributed by atoms with Crippen LogP contribution in [0.1, 0.15) is 22.5 Å². The Morgan fingerprint density at radius 2 is 1.69 bits per heavy atom. The summed E-state index contributed by atoms with van der Waals surface area (Å²) in [4.78, 5) is 4.41. The van der Waals surface area contributed by atoms with Crippen LogP contribution in [0, 0.1) is 27.7 Å². The second-order valence-electron chi connectivity index (χ2n) is 3.49. The normalized spacial score (nSPS) is 11.1. The van der Waals surface area contributed by atoms with Crippen LogP contribution in [0.4, 0.5) is 0 Å². The zero-order chi connectivity index (χ0) is 9.59. The van der Waals surface area contributed by atoms with Gasteiger partial charge >= 0.3 is 0 Å². The fraction of sp³-hybridized carbons (Fsp3) is 0.400. The first-order chi connectivity index (χ1) is 6.11. The van der Waals surface area contributed by atoms with Crippen molar-refractivity contribution < 1.29 is 0 Å². The summed E-state index contributed by atoms with van der Waals surface area (Å²) in [6, 6.07) is 0. The molecule has 68 valence electrons. The molecule has 0 amide bonds. The number of aromatic nitrogens is 3. The van der Waals surface area contributed by atoms with Crippen LogP contribution in [0.2, 0.25) is 0 Å². The summed E-state index contributed by atoms with van der Waals surface area (Å²) in [5, 5.41) is 8.27. The van der Waals surface area contributed by atoms with Gasteiger partial charge in [-0.3, -0.25) is 5.10 Å². The van der Waals surface area contributed by atoms with Crippen molar-refractivity contribution in [2.75, 3.05) is 0 Å². The highest BCUT2D eigenvalue weighted by atomic mass is 15.1. The maximum Gasteiger partial charge on any atom is 0.181 e. The number of rotatable bonds is 0. The van der Waals surface area contributed by atoms with E-state index in [1.807, 2.05) is 13.8 Å². The maximum atomic E-state index is 4.41. The van der Waals surface area contributed by atoms with Crippen molar-refractivity contribution in [3.8, 4) is 0 Å². The second kappa shape index (κ2) is 2.55. The van der Waals surface area contributed by atoms with Gasteiger partial charge in [-0.05, 0) is 38.8 Å². The topological polar surface area (TPSA) is 41.6 Å². The van der Waals surface area contributed by atoms with Gasteiger partial charge in [0.1, 0.15) is 0 Å². The van der Waals surface area contributed by atoms with Crippen LogP contribution >= 0.6 is 0 Å². The molecule has 2 aromatic rings. The van der Waals surface area contributed by atoms with Crippen molar-refractivity contribution in [2.45, 2.75) is 27.7 Å². The Bertz CT molecular complexity index is 468. The van der Waals surface area contributed by atoms with E-state index in [1.54, 1.807) is 0 Å². The maximum absolute atomic E-state index is 4.41. The number of pyridine rings is 1. The van der Waals surface area contributed by atoms with Gasteiger partial charge in [0.15, 0.2) is 5.65 Å². The summed E-state index contributed by atoms with van der Waals surface area (Å²) >= 11 is 0. The van der Waals surface area contributed by atoms with Crippen molar-refractivity contribution in [1.82, 2.24) is 15.2 Å². The SMILES string of the molecule is Cc1nc2n[nH]c(C)c2c(C)c1C. The van der Waals surface area contributed by atoms with Gasteiger partial charge < -0.3 is 0 Å². The minimum atomic E-state index is 0.832. The van der Waals surface area contributed by atoms with Crippen LogP contribution in [-0.2, 0) is 0 Å². The molecule has 3 nitrogen and oxygen atoms in total. The first kappa shape index (κ1) is 8.23. The number of H-pyrrole nitrogens is 1. The standard InChI is InChI=1S/C10H13N3/c1-5-6(2)9-8(4)12-13-10(9)11-7(5)3/h1-4H3,(H,11,12,13). The summed E-state index contributed by atoms with van der Waals surface area (Å²) < 4.78 is 0. The minimum absolute atomic E-state index is 0.832. The number of aromatic amines is 1. The Labute approximate surface area is 77.2 Å². The number of nitrogens with zero attached hydrogens (tertiary/aromatic N) is 2. The van der Waals surface area contributed by atoms with E-state index in [0.29, 0.717) is 0 Å². The summed E-state index contributed by atoms with van der Waals surface area (Å²) in [6.45, 7) is 8.27. The van der Waals surface area contributed by atoms with Crippen LogP contribution in [-0.4, -0.2) is 15.2 Å². The lowest BCUT2D eigenvalue weighted by molar-refractivity contribution is 1.05. The average molecular weight is 175 g/mol. The predicted molar refractivity (Wildman–Crippen MR) is 52.8 cm³/mol. The average Bonchev–Trinajstić information content (AvgIpc) is 2.43. The van der Waals surface area contributed by atoms with Crippen molar-refractivity contribution in [1.29, 1.82) is 0 Å². The number of hydrogen-bond donors (Lipinski definition) is 1. The summed E-state index contributed by atoms with van der Waals surface area (Å²) in [6.07, 6.45) is 0. The number of nitrogens with one attached hydrogen (secondary N) is 1. The molecule has 2 heterocycles. The molecule has 0 saturated carbocycles. The monoisotopic (exact) mass is 175 g/mol. The molecular weight excluding hydrogens is 162 g/mol. The van der Waals surface area contributed by atoms with Crippen LogP contribution < -0.4 is 0 Å². The number of aryl methyl sites for hydroxylation is 3. The third-order valence-electron chi connectivity index (χ3n) is 2.68. The van der Waals surface area contributed by atoms with Crippen molar-refractivity contribution in [3.05, 3.63) is 22.5 Å². The highest BCUT2D eigenvalue weighted by Gasteiger charge is 2.09. The van der Waals surface area contributed by atoms with Crippen molar-refractivity contribution >= 4 is 11.0 Å². The molecule has 0 atom stereocenters. The van der Waals surface area contributed by atoms with Crippen molar-refractivity contribution in [3.63, 3.8) is 0 Å². The molecule has 2 rings (SSSR count). The molecule has 1 N–H and O–H groups in total. The van der Waals surface area contributed by atoms with E-state index in [1.165, 1.54) is 16.5 Å². The Hall–Kier alpha value is -1.38. The van der Waals surface area contributed by atoms with E-state index in [-0.39, 0.29) is 0 Å². The highest BCUT2D eigenvalue weighted by Crippen LogP contribution is 2.22. The quantitative estimate of drug-likeness (QED) is 0.666. The van der Waals surface area contributed by atoms with Gasteiger partial charge in [0.2, 0.25) is 0 Å². The van der Waals surface area contributed by atoms with Gasteiger partial charge in [0.25, 0.3) is 0 Å². The molecule has 0 aromatic carbocycles. The summed E-state index contributed by atoms with van der Waals surface area (Å²) in [7, 11) is 0. The van der Waals surface area contributed by atoms with Crippen LogP contribution in [0.25, 0.3) is 11.0 Å². The predicted octanol–water partition coefficient (Wildman–Crippen LogP) is 2.19. The van der Waals surface area contributed by atoms with Gasteiger partial charge in [0, 0.05) is 16.8 Å². The van der Waals surface area contributed by atoms with Crippen LogP contribution in [0.5, 0.6) is 0 Å². The summed E-state index contributed by atoms with van der Waals surface area (Å²) in [5.41, 5.74) is 5.54. The molecule has 3 heteroatoms. The third-order valence-corrected chi connectivity index (χ3v) is 2.68. The van der Waals surface area contributed by atoms with E-state index < -0.39 is 0 Å². The number of hydrogen-bond acceptors (Lipinski definition) is 2. The zero-order valence-electron chi connectivity index (χ0n) is 8.39. The summed E-state index contributed by atoms with van der Waals surface area (Å²) in [5.74, 6) is 0. The molecule has 0 aliphatic carbocycles. The lowest BCUT2D eigenvalue weighted by Gasteiger charge is -2.04. The molecule has 0 fully saturated rings. The Balaban J connectivity index is 2.97. The van der Waals surface area contributed by atoms with E-state index in [4.69, 9.17) is 0 Å². The van der Waals surface area contributed by atoms with Gasteiger partial charge in [-0.15, -0.1) is 0 Å². The third kappa shape index (κ3) is 1.03. The molecule has 0 unspecified atom stereocenters. The fourth-order valence-corrected chi connectivity index (χ4v) is 1.65. The van der Waals surface area contributed by atoms with E-state index in [9.17, 15) is 0 Å². The van der Waals surface area contributed by atoms with E-state index in [0.717, 1.165) is 17.0 Å². The zero-order valence-corrected chi connectivity index (χ0v) is 8.39. The van der Waals surface area contributed by atoms with Crippen LogP contribution in [0.3, 0.4) is 0 Å². The lowest BCUT2D eigenvalue weighted by Crippen LogP contribution is -1.92. The molecule has 2 aromatic heterocycles. The smallest absolute Gasteiger partial charge is 0.181 e. The van der Waals surface area contributed by atoms with Gasteiger partial charge in [-0.1, -0.05) is 0 Å². The second-order valence-corrected chi connectivity index (χ2v) is 3.49. The Morgan fingerprint density at radius 1 is 1.00 bits per heavy atom. The minimum Gasteiger partial charge on any atom is -0.280 e. The first-order valence-corrected chi connectivity index (χ1v) is 4.39. The fourth-order valence-electron chi connectivity index (χ4n) is 1.65. The largest absolute Gasteiger partial charge is 0.280 e. The molecule has 0 aliphatic heterocycles. The van der Waals surface area contributed by atoms with E-state index >= 15 is 0 Å². The van der Waals surface area contributed by atoms with Crippen LogP contribution in [0.15, 0.2) is 0 Å². The van der Waals surface area contributed by atoms with Gasteiger partial charge in [-0.25, -0.2) is 4.98 Å². The molecule has 0 radical (unpaired) electrons. The van der Waals surface area contributed by atoms with Gasteiger partial charge in [-0.2, -0.15) is 5.10 Å². The molecule has 0 spiro atoms. The Kier molecular flexibility index (Phi) is 1.62. The first-order valence-electron chi connectivity index (χ1n) is 4.39. The van der Waals surface area contributed by atoms with E-state index in [2.05, 4.69) is 29.0 Å². The Morgan fingerprint density at radius 3 is 2.38 bits per heavy atom. The molecule has 13 heavy (non-hydrogen) atoms.